The van der Waals surface area contributed by atoms with Gasteiger partial charge in [-0.15, -0.1) is 0 Å². The van der Waals surface area contributed by atoms with E-state index in [0.717, 1.165) is 10.9 Å². The van der Waals surface area contributed by atoms with Crippen molar-refractivity contribution in [1.82, 2.24) is 4.98 Å². The summed E-state index contributed by atoms with van der Waals surface area (Å²) in [5.41, 5.74) is 1.23. The normalized spacial score (nSPS) is 11.5. The fraction of sp³-hybridized carbons (Fsp3) is 0. The number of benzene rings is 2. The van der Waals surface area contributed by atoms with E-state index in [9.17, 15) is 8.42 Å². The summed E-state index contributed by atoms with van der Waals surface area (Å²) in [6, 6.07) is 14.9. The zero-order valence-electron chi connectivity index (χ0n) is 10.8. The molecule has 0 spiro atoms. The molecular weight excluding hydrogens is 308 g/mol. The highest BCUT2D eigenvalue weighted by Gasteiger charge is 2.15. The van der Waals surface area contributed by atoms with Crippen LogP contribution in [0.4, 0.5) is 5.69 Å². The molecule has 0 fully saturated rings. The maximum atomic E-state index is 12.4. The van der Waals surface area contributed by atoms with Gasteiger partial charge in [0.05, 0.1) is 16.1 Å². The zero-order chi connectivity index (χ0) is 14.9. The molecule has 0 bridgehead atoms. The Labute approximate surface area is 127 Å². The largest absolute Gasteiger partial charge is 0.279 e. The molecule has 0 saturated heterocycles. The average Bonchev–Trinajstić information content (AvgIpc) is 2.48. The highest BCUT2D eigenvalue weighted by molar-refractivity contribution is 7.92. The number of sulfonamides is 1. The third-order valence-electron chi connectivity index (χ3n) is 3.01. The van der Waals surface area contributed by atoms with Crippen molar-refractivity contribution in [1.29, 1.82) is 0 Å². The van der Waals surface area contributed by atoms with Crippen molar-refractivity contribution in [2.24, 2.45) is 0 Å². The molecule has 1 heterocycles. The predicted octanol–water partition coefficient (Wildman–Crippen LogP) is 3.69. The van der Waals surface area contributed by atoms with Crippen LogP contribution in [0.15, 0.2) is 65.7 Å². The number of hydrogen-bond acceptors (Lipinski definition) is 3. The molecule has 2 aromatic carbocycles. The quantitative estimate of drug-likeness (QED) is 0.801. The van der Waals surface area contributed by atoms with Crippen LogP contribution in [-0.2, 0) is 10.0 Å². The first-order chi connectivity index (χ1) is 10.1. The van der Waals surface area contributed by atoms with Gasteiger partial charge in [0.1, 0.15) is 0 Å². The Morgan fingerprint density at radius 3 is 2.48 bits per heavy atom. The first-order valence-corrected chi connectivity index (χ1v) is 8.04. The molecule has 21 heavy (non-hydrogen) atoms. The minimum Gasteiger partial charge on any atom is -0.279 e. The number of nitrogens with zero attached hydrogens (tertiary/aromatic N) is 1. The van der Waals surface area contributed by atoms with Gasteiger partial charge in [-0.05, 0) is 48.5 Å². The Hall–Kier alpha value is -2.11. The topological polar surface area (TPSA) is 59.1 Å². The smallest absolute Gasteiger partial charge is 0.261 e. The van der Waals surface area contributed by atoms with Crippen molar-refractivity contribution in [3.63, 3.8) is 0 Å². The molecule has 3 rings (SSSR count). The second-order valence-electron chi connectivity index (χ2n) is 4.44. The number of anilines is 1. The second kappa shape index (κ2) is 5.35. The monoisotopic (exact) mass is 318 g/mol. The molecule has 0 saturated carbocycles. The summed E-state index contributed by atoms with van der Waals surface area (Å²) in [5.74, 6) is 0. The van der Waals surface area contributed by atoms with E-state index in [1.807, 2.05) is 12.1 Å². The lowest BCUT2D eigenvalue weighted by Gasteiger charge is -2.10. The Morgan fingerprint density at radius 1 is 0.952 bits per heavy atom. The van der Waals surface area contributed by atoms with Crippen LogP contribution < -0.4 is 4.72 Å². The van der Waals surface area contributed by atoms with Gasteiger partial charge in [0.2, 0.25) is 0 Å². The highest BCUT2D eigenvalue weighted by Crippen LogP contribution is 2.24. The van der Waals surface area contributed by atoms with Crippen LogP contribution >= 0.6 is 11.6 Å². The van der Waals surface area contributed by atoms with Gasteiger partial charge < -0.3 is 0 Å². The van der Waals surface area contributed by atoms with Crippen LogP contribution in [0, 0.1) is 0 Å². The molecule has 1 N–H and O–H groups in total. The zero-order valence-corrected chi connectivity index (χ0v) is 12.4. The molecule has 0 radical (unpaired) electrons. The molecule has 0 amide bonds. The number of hydrogen-bond donors (Lipinski definition) is 1. The molecule has 0 aliphatic heterocycles. The number of rotatable bonds is 3. The molecule has 4 nitrogen and oxygen atoms in total. The summed E-state index contributed by atoms with van der Waals surface area (Å²) in [6.45, 7) is 0. The molecular formula is C15H11ClN2O2S. The van der Waals surface area contributed by atoms with Crippen molar-refractivity contribution in [2.45, 2.75) is 4.90 Å². The van der Waals surface area contributed by atoms with Gasteiger partial charge in [-0.2, -0.15) is 0 Å². The molecule has 1 aromatic heterocycles. The van der Waals surface area contributed by atoms with E-state index in [0.29, 0.717) is 10.7 Å². The fourth-order valence-corrected chi connectivity index (χ4v) is 3.22. The van der Waals surface area contributed by atoms with Crippen LogP contribution in [0.5, 0.6) is 0 Å². The third kappa shape index (κ3) is 2.84. The second-order valence-corrected chi connectivity index (χ2v) is 6.55. The highest BCUT2D eigenvalue weighted by atomic mass is 35.5. The maximum Gasteiger partial charge on any atom is 0.261 e. The van der Waals surface area contributed by atoms with Gasteiger partial charge in [0, 0.05) is 16.6 Å². The van der Waals surface area contributed by atoms with Gasteiger partial charge >= 0.3 is 0 Å². The molecule has 0 aliphatic rings. The van der Waals surface area contributed by atoms with E-state index in [4.69, 9.17) is 11.6 Å². The van der Waals surface area contributed by atoms with E-state index < -0.39 is 10.0 Å². The Morgan fingerprint density at radius 2 is 1.71 bits per heavy atom. The Balaban J connectivity index is 2.03. The Kier molecular flexibility index (Phi) is 3.53. The lowest BCUT2D eigenvalue weighted by atomic mass is 10.2. The van der Waals surface area contributed by atoms with E-state index in [-0.39, 0.29) is 4.90 Å². The lowest BCUT2D eigenvalue weighted by Crippen LogP contribution is -2.13. The minimum absolute atomic E-state index is 0.160. The van der Waals surface area contributed by atoms with Crippen LogP contribution in [0.1, 0.15) is 0 Å². The summed E-state index contributed by atoms with van der Waals surface area (Å²) in [4.78, 5) is 4.36. The van der Waals surface area contributed by atoms with Crippen molar-refractivity contribution in [3.8, 4) is 0 Å². The number of pyridine rings is 1. The Bertz CT molecular complexity index is 888. The van der Waals surface area contributed by atoms with Gasteiger partial charge in [0.15, 0.2) is 0 Å². The number of fused-ring (bicyclic) bond motifs is 1. The SMILES string of the molecule is O=S(=O)(Nc1cccc2ncccc12)c1ccc(Cl)cc1. The van der Waals surface area contributed by atoms with Crippen LogP contribution in [0.3, 0.4) is 0 Å². The van der Waals surface area contributed by atoms with Crippen LogP contribution in [0.2, 0.25) is 5.02 Å². The summed E-state index contributed by atoms with van der Waals surface area (Å²) >= 11 is 5.78. The van der Waals surface area contributed by atoms with E-state index in [1.165, 1.54) is 12.1 Å². The van der Waals surface area contributed by atoms with Gasteiger partial charge in [-0.25, -0.2) is 8.42 Å². The number of nitrogens with one attached hydrogen (secondary N) is 1. The van der Waals surface area contributed by atoms with Crippen molar-refractivity contribution >= 4 is 38.2 Å². The molecule has 0 unspecified atom stereocenters. The van der Waals surface area contributed by atoms with Crippen molar-refractivity contribution in [2.75, 3.05) is 4.72 Å². The van der Waals surface area contributed by atoms with Crippen LogP contribution in [0.25, 0.3) is 10.9 Å². The third-order valence-corrected chi connectivity index (χ3v) is 4.65. The molecule has 3 aromatic rings. The molecule has 0 atom stereocenters. The number of halogens is 1. The molecule has 6 heteroatoms. The first kappa shape index (κ1) is 13.9. The predicted molar refractivity (Wildman–Crippen MR) is 84.0 cm³/mol. The van der Waals surface area contributed by atoms with Gasteiger partial charge in [-0.3, -0.25) is 9.71 Å². The lowest BCUT2D eigenvalue weighted by molar-refractivity contribution is 0.601. The van der Waals surface area contributed by atoms with E-state index in [2.05, 4.69) is 9.71 Å². The van der Waals surface area contributed by atoms with Crippen molar-refractivity contribution < 1.29 is 8.42 Å². The standard InChI is InChI=1S/C15H11ClN2O2S/c16-11-6-8-12(9-7-11)21(19,20)18-15-5-1-4-14-13(15)3-2-10-17-14/h1-10,18H. The van der Waals surface area contributed by atoms with Crippen LogP contribution in [-0.4, -0.2) is 13.4 Å². The van der Waals surface area contributed by atoms with Gasteiger partial charge in [-0.1, -0.05) is 17.7 Å². The fourth-order valence-electron chi connectivity index (χ4n) is 2.01. The molecule has 106 valence electrons. The average molecular weight is 319 g/mol. The minimum atomic E-state index is -3.66. The summed E-state index contributed by atoms with van der Waals surface area (Å²) in [7, 11) is -3.66. The van der Waals surface area contributed by atoms with E-state index >= 15 is 0 Å². The number of aromatic nitrogens is 1. The molecule has 0 aliphatic carbocycles. The van der Waals surface area contributed by atoms with Crippen molar-refractivity contribution in [3.05, 3.63) is 65.8 Å². The van der Waals surface area contributed by atoms with Gasteiger partial charge in [0.25, 0.3) is 10.0 Å². The summed E-state index contributed by atoms with van der Waals surface area (Å²) in [5, 5.41) is 1.24. The first-order valence-electron chi connectivity index (χ1n) is 6.18. The maximum absolute atomic E-state index is 12.4. The summed E-state index contributed by atoms with van der Waals surface area (Å²) in [6.07, 6.45) is 1.67. The summed E-state index contributed by atoms with van der Waals surface area (Å²) < 4.78 is 27.4. The van der Waals surface area contributed by atoms with E-state index in [1.54, 1.807) is 36.5 Å².